The van der Waals surface area contributed by atoms with Crippen LogP contribution in [0, 0.1) is 0 Å². The van der Waals surface area contributed by atoms with Crippen LogP contribution in [-0.2, 0) is 5.60 Å². The molecule has 0 saturated carbocycles. The first kappa shape index (κ1) is 14.5. The minimum absolute atomic E-state index is 0.614. The fourth-order valence-corrected chi connectivity index (χ4v) is 1.85. The lowest BCUT2D eigenvalue weighted by molar-refractivity contribution is -0.339. The molecule has 20 heavy (non-hydrogen) atoms. The van der Waals surface area contributed by atoms with E-state index in [-0.39, 0.29) is 0 Å². The summed E-state index contributed by atoms with van der Waals surface area (Å²) < 4.78 is 70.2. The fraction of sp³-hybridized carbons (Fsp3) is 0.231. The number of rotatable bonds is 3. The topological polar surface area (TPSA) is 33.4 Å². The van der Waals surface area contributed by atoms with E-state index in [9.17, 15) is 27.1 Å². The largest absolute Gasteiger partial charge is 0.466 e. The number of hydrogen-bond donors (Lipinski definition) is 1. The van der Waals surface area contributed by atoms with Crippen LogP contribution in [-0.4, -0.2) is 17.2 Å². The van der Waals surface area contributed by atoms with Crippen molar-refractivity contribution < 1.29 is 31.5 Å². The monoisotopic (exact) mass is 292 g/mol. The molecule has 0 amide bonds. The SMILES string of the molecule is OC(c1ccccc1)(c1ccco1)C(F)(F)C(F)(F)F. The standard InChI is InChI=1S/C13H9F5O2/c14-12(15,13(16,17)18)11(19,10-7-4-8-20-10)9-5-2-1-3-6-9/h1-8,19H. The zero-order valence-electron chi connectivity index (χ0n) is 9.86. The van der Waals surface area contributed by atoms with E-state index in [1.54, 1.807) is 0 Å². The van der Waals surface area contributed by atoms with Crippen molar-refractivity contribution in [3.05, 3.63) is 60.1 Å². The smallest absolute Gasteiger partial charge is 0.457 e. The highest BCUT2D eigenvalue weighted by atomic mass is 19.4. The molecule has 0 aliphatic rings. The van der Waals surface area contributed by atoms with Crippen molar-refractivity contribution in [1.29, 1.82) is 0 Å². The molecule has 2 nitrogen and oxygen atoms in total. The summed E-state index contributed by atoms with van der Waals surface area (Å²) in [7, 11) is 0. The minimum Gasteiger partial charge on any atom is -0.466 e. The van der Waals surface area contributed by atoms with E-state index in [2.05, 4.69) is 4.42 Å². The molecule has 1 aromatic carbocycles. The van der Waals surface area contributed by atoms with E-state index in [1.165, 1.54) is 18.2 Å². The quantitative estimate of drug-likeness (QED) is 0.875. The molecule has 7 heteroatoms. The van der Waals surface area contributed by atoms with Crippen LogP contribution in [0.15, 0.2) is 53.1 Å². The van der Waals surface area contributed by atoms with Gasteiger partial charge in [-0.05, 0) is 17.7 Å². The summed E-state index contributed by atoms with van der Waals surface area (Å²) in [6.45, 7) is 0. The lowest BCUT2D eigenvalue weighted by atomic mass is 9.84. The molecule has 0 bridgehead atoms. The summed E-state index contributed by atoms with van der Waals surface area (Å²) in [4.78, 5) is 0. The van der Waals surface area contributed by atoms with Crippen LogP contribution >= 0.6 is 0 Å². The third-order valence-electron chi connectivity index (χ3n) is 2.88. The predicted molar refractivity (Wildman–Crippen MR) is 59.2 cm³/mol. The average molecular weight is 292 g/mol. The summed E-state index contributed by atoms with van der Waals surface area (Å²) in [6, 6.07) is 7.86. The van der Waals surface area contributed by atoms with Gasteiger partial charge in [0, 0.05) is 0 Å². The van der Waals surface area contributed by atoms with E-state index in [0.717, 1.165) is 30.5 Å². The Morgan fingerprint density at radius 2 is 1.45 bits per heavy atom. The van der Waals surface area contributed by atoms with E-state index in [1.807, 2.05) is 0 Å². The Hall–Kier alpha value is -1.89. The zero-order chi connectivity index (χ0) is 15.0. The second kappa shape index (κ2) is 4.59. The van der Waals surface area contributed by atoms with Crippen LogP contribution in [0.3, 0.4) is 0 Å². The highest BCUT2D eigenvalue weighted by Crippen LogP contribution is 2.51. The molecule has 1 aromatic heterocycles. The molecular formula is C13H9F5O2. The molecule has 2 aromatic rings. The van der Waals surface area contributed by atoms with Gasteiger partial charge in [0.15, 0.2) is 0 Å². The van der Waals surface area contributed by atoms with Crippen molar-refractivity contribution >= 4 is 0 Å². The molecule has 0 fully saturated rings. The van der Waals surface area contributed by atoms with Gasteiger partial charge in [-0.3, -0.25) is 0 Å². The third-order valence-corrected chi connectivity index (χ3v) is 2.88. The molecule has 108 valence electrons. The van der Waals surface area contributed by atoms with Crippen molar-refractivity contribution in [3.8, 4) is 0 Å². The van der Waals surface area contributed by atoms with E-state index < -0.39 is 29.0 Å². The number of benzene rings is 1. The number of hydrogen-bond acceptors (Lipinski definition) is 2. The van der Waals surface area contributed by atoms with Gasteiger partial charge >= 0.3 is 12.1 Å². The van der Waals surface area contributed by atoms with Crippen molar-refractivity contribution in [2.75, 3.05) is 0 Å². The molecular weight excluding hydrogens is 283 g/mol. The normalized spacial score (nSPS) is 15.9. The maximum atomic E-state index is 13.8. The van der Waals surface area contributed by atoms with Crippen molar-refractivity contribution in [1.82, 2.24) is 0 Å². The molecule has 1 atom stereocenters. The van der Waals surface area contributed by atoms with Crippen LogP contribution in [0.1, 0.15) is 11.3 Å². The van der Waals surface area contributed by atoms with E-state index >= 15 is 0 Å². The number of furan rings is 1. The maximum Gasteiger partial charge on any atom is 0.457 e. The summed E-state index contributed by atoms with van der Waals surface area (Å²) in [5.41, 5.74) is -4.24. The first-order chi connectivity index (χ1) is 9.21. The van der Waals surface area contributed by atoms with Gasteiger partial charge in [0.2, 0.25) is 5.60 Å². The van der Waals surface area contributed by atoms with Gasteiger partial charge in [0.25, 0.3) is 0 Å². The summed E-state index contributed by atoms with van der Waals surface area (Å²) >= 11 is 0. The number of aliphatic hydroxyl groups is 1. The van der Waals surface area contributed by atoms with Crippen LogP contribution in [0.25, 0.3) is 0 Å². The molecule has 1 heterocycles. The fourth-order valence-electron chi connectivity index (χ4n) is 1.85. The average Bonchev–Trinajstić information content (AvgIpc) is 2.91. The van der Waals surface area contributed by atoms with Gasteiger partial charge in [-0.15, -0.1) is 0 Å². The summed E-state index contributed by atoms with van der Waals surface area (Å²) in [5, 5.41) is 10.1. The Morgan fingerprint density at radius 1 is 0.850 bits per heavy atom. The highest BCUT2D eigenvalue weighted by molar-refractivity contribution is 5.35. The van der Waals surface area contributed by atoms with Gasteiger partial charge in [0.05, 0.1) is 6.26 Å². The van der Waals surface area contributed by atoms with Gasteiger partial charge in [-0.25, -0.2) is 0 Å². The first-order valence-electron chi connectivity index (χ1n) is 5.47. The third kappa shape index (κ3) is 1.98. The zero-order valence-corrected chi connectivity index (χ0v) is 9.86. The van der Waals surface area contributed by atoms with E-state index in [0.29, 0.717) is 0 Å². The molecule has 2 rings (SSSR count). The first-order valence-corrected chi connectivity index (χ1v) is 5.47. The molecule has 0 spiro atoms. The van der Waals surface area contributed by atoms with Crippen LogP contribution < -0.4 is 0 Å². The van der Waals surface area contributed by atoms with Gasteiger partial charge in [-0.1, -0.05) is 30.3 Å². The van der Waals surface area contributed by atoms with Crippen LogP contribution in [0.5, 0.6) is 0 Å². The second-order valence-corrected chi connectivity index (χ2v) is 4.13. The Labute approximate surface area is 110 Å². The van der Waals surface area contributed by atoms with E-state index in [4.69, 9.17) is 0 Å². The van der Waals surface area contributed by atoms with Gasteiger partial charge in [-0.2, -0.15) is 22.0 Å². The second-order valence-electron chi connectivity index (χ2n) is 4.13. The molecule has 1 unspecified atom stereocenters. The molecule has 0 saturated heterocycles. The van der Waals surface area contributed by atoms with Crippen molar-refractivity contribution in [3.63, 3.8) is 0 Å². The summed E-state index contributed by atoms with van der Waals surface area (Å²) in [6.07, 6.45) is -5.03. The van der Waals surface area contributed by atoms with Crippen molar-refractivity contribution in [2.45, 2.75) is 17.7 Å². The lowest BCUT2D eigenvalue weighted by Gasteiger charge is -2.35. The molecule has 1 N–H and O–H groups in total. The number of halogens is 5. The highest BCUT2D eigenvalue weighted by Gasteiger charge is 2.72. The molecule has 0 aliphatic carbocycles. The lowest BCUT2D eigenvalue weighted by Crippen LogP contribution is -2.55. The minimum atomic E-state index is -5.94. The Balaban J connectivity index is 2.69. The number of alkyl halides is 5. The van der Waals surface area contributed by atoms with Gasteiger partial charge < -0.3 is 9.52 Å². The summed E-state index contributed by atoms with van der Waals surface area (Å²) in [5.74, 6) is -6.30. The van der Waals surface area contributed by atoms with Crippen LogP contribution in [0.2, 0.25) is 0 Å². The predicted octanol–water partition coefficient (Wildman–Crippen LogP) is 3.71. The Morgan fingerprint density at radius 3 is 1.90 bits per heavy atom. The van der Waals surface area contributed by atoms with Gasteiger partial charge in [0.1, 0.15) is 5.76 Å². The molecule has 0 aliphatic heterocycles. The van der Waals surface area contributed by atoms with Crippen LogP contribution in [0.4, 0.5) is 22.0 Å². The maximum absolute atomic E-state index is 13.8. The molecule has 0 radical (unpaired) electrons. The Bertz CT molecular complexity index is 562. The van der Waals surface area contributed by atoms with Crippen molar-refractivity contribution in [2.24, 2.45) is 0 Å². The Kier molecular flexibility index (Phi) is 3.33.